The van der Waals surface area contributed by atoms with E-state index in [1.165, 1.54) is 12.4 Å². The third-order valence-electron chi connectivity index (χ3n) is 4.55. The van der Waals surface area contributed by atoms with E-state index in [1.807, 2.05) is 41.5 Å². The van der Waals surface area contributed by atoms with E-state index in [-0.39, 0.29) is 32.8 Å². The molecule has 0 saturated carbocycles. The molecule has 1 heterocycles. The average Bonchev–Trinajstić information content (AvgIpc) is 2.86. The number of phenols is 1. The summed E-state index contributed by atoms with van der Waals surface area (Å²) in [6, 6.07) is 3.35. The van der Waals surface area contributed by atoms with Crippen molar-refractivity contribution < 1.29 is 18.3 Å². The standard InChI is InChI=1S/C21H29NO4S/c1-20(2,3)15-9-13(10-16(19(15)24)21(4,5)6)18(23)14-11-22(7)12-17(14)27(8,25)26/h9-12,24H,1-8H3. The highest BCUT2D eigenvalue weighted by molar-refractivity contribution is 7.90. The van der Waals surface area contributed by atoms with Crippen LogP contribution in [0, 0.1) is 0 Å². The van der Waals surface area contributed by atoms with Gasteiger partial charge in [-0.2, -0.15) is 0 Å². The Bertz CT molecular complexity index is 965. The molecule has 0 aliphatic rings. The number of sulfone groups is 1. The molecular formula is C21H29NO4S. The van der Waals surface area contributed by atoms with Gasteiger partial charge < -0.3 is 9.67 Å². The Morgan fingerprint density at radius 3 is 1.78 bits per heavy atom. The summed E-state index contributed by atoms with van der Waals surface area (Å²) in [5, 5.41) is 10.8. The molecule has 148 valence electrons. The predicted molar refractivity (Wildman–Crippen MR) is 107 cm³/mol. The van der Waals surface area contributed by atoms with Gasteiger partial charge in [-0.3, -0.25) is 4.79 Å². The van der Waals surface area contributed by atoms with Crippen LogP contribution in [0.5, 0.6) is 5.75 Å². The molecule has 0 spiro atoms. The molecule has 0 aliphatic heterocycles. The minimum atomic E-state index is -3.54. The van der Waals surface area contributed by atoms with Gasteiger partial charge in [0.1, 0.15) is 5.75 Å². The van der Waals surface area contributed by atoms with Gasteiger partial charge in [-0.05, 0) is 23.0 Å². The smallest absolute Gasteiger partial charge is 0.195 e. The van der Waals surface area contributed by atoms with Gasteiger partial charge in [0.25, 0.3) is 0 Å². The minimum absolute atomic E-state index is 0.0118. The van der Waals surface area contributed by atoms with Crippen LogP contribution in [0.25, 0.3) is 0 Å². The zero-order valence-electron chi connectivity index (χ0n) is 17.3. The van der Waals surface area contributed by atoms with Gasteiger partial charge in [-0.25, -0.2) is 8.42 Å². The maximum Gasteiger partial charge on any atom is 0.195 e. The second kappa shape index (κ2) is 6.51. The Balaban J connectivity index is 2.79. The largest absolute Gasteiger partial charge is 0.507 e. The summed E-state index contributed by atoms with van der Waals surface area (Å²) in [5.74, 6) is -0.185. The molecule has 6 heteroatoms. The van der Waals surface area contributed by atoms with E-state index >= 15 is 0 Å². The highest BCUT2D eigenvalue weighted by Crippen LogP contribution is 2.40. The van der Waals surface area contributed by atoms with Gasteiger partial charge in [0, 0.05) is 42.4 Å². The van der Waals surface area contributed by atoms with Gasteiger partial charge in [0.2, 0.25) is 0 Å². The van der Waals surface area contributed by atoms with E-state index in [4.69, 9.17) is 0 Å². The van der Waals surface area contributed by atoms with E-state index in [0.29, 0.717) is 16.7 Å². The van der Waals surface area contributed by atoms with E-state index in [2.05, 4.69) is 0 Å². The Labute approximate surface area is 162 Å². The van der Waals surface area contributed by atoms with Crippen molar-refractivity contribution in [1.82, 2.24) is 4.57 Å². The first-order chi connectivity index (χ1) is 12.0. The van der Waals surface area contributed by atoms with Crippen LogP contribution in [0.2, 0.25) is 0 Å². The highest BCUT2D eigenvalue weighted by Gasteiger charge is 2.29. The summed E-state index contributed by atoms with van der Waals surface area (Å²) in [5.41, 5.74) is 1.09. The number of aryl methyl sites for hydroxylation is 1. The first-order valence-electron chi connectivity index (χ1n) is 8.82. The van der Waals surface area contributed by atoms with Crippen LogP contribution in [-0.2, 0) is 27.7 Å². The molecular weight excluding hydrogens is 362 g/mol. The summed E-state index contributed by atoms with van der Waals surface area (Å²) >= 11 is 0. The van der Waals surface area contributed by atoms with Crippen molar-refractivity contribution in [3.63, 3.8) is 0 Å². The number of carbonyl (C=O) groups is 1. The lowest BCUT2D eigenvalue weighted by Crippen LogP contribution is -2.19. The number of aromatic hydroxyl groups is 1. The van der Waals surface area contributed by atoms with Crippen LogP contribution < -0.4 is 0 Å². The molecule has 0 aliphatic carbocycles. The van der Waals surface area contributed by atoms with Crippen molar-refractivity contribution >= 4 is 15.6 Å². The molecule has 27 heavy (non-hydrogen) atoms. The zero-order chi connectivity index (χ0) is 20.9. The molecule has 0 saturated heterocycles. The average molecular weight is 392 g/mol. The Hall–Kier alpha value is -2.08. The van der Waals surface area contributed by atoms with Crippen molar-refractivity contribution in [2.75, 3.05) is 6.26 Å². The number of carbonyl (C=O) groups excluding carboxylic acids is 1. The first-order valence-corrected chi connectivity index (χ1v) is 10.7. The van der Waals surface area contributed by atoms with Gasteiger partial charge in [0.15, 0.2) is 15.6 Å². The third kappa shape index (κ3) is 4.26. The molecule has 0 atom stereocenters. The Morgan fingerprint density at radius 2 is 1.41 bits per heavy atom. The molecule has 0 fully saturated rings. The number of phenolic OH excluding ortho intramolecular Hbond substituents is 1. The van der Waals surface area contributed by atoms with Crippen LogP contribution in [0.4, 0.5) is 0 Å². The van der Waals surface area contributed by atoms with Crippen LogP contribution in [0.3, 0.4) is 0 Å². The Morgan fingerprint density at radius 1 is 0.963 bits per heavy atom. The molecule has 5 nitrogen and oxygen atoms in total. The monoisotopic (exact) mass is 391 g/mol. The van der Waals surface area contributed by atoms with Crippen molar-refractivity contribution in [2.24, 2.45) is 7.05 Å². The lowest BCUT2D eigenvalue weighted by molar-refractivity contribution is 0.103. The molecule has 1 aromatic heterocycles. The van der Waals surface area contributed by atoms with Crippen LogP contribution in [0.15, 0.2) is 29.4 Å². The van der Waals surface area contributed by atoms with Crippen molar-refractivity contribution in [1.29, 1.82) is 0 Å². The summed E-state index contributed by atoms with van der Waals surface area (Å²) < 4.78 is 25.8. The molecule has 0 radical (unpaired) electrons. The van der Waals surface area contributed by atoms with E-state index in [0.717, 1.165) is 6.26 Å². The molecule has 1 aromatic carbocycles. The third-order valence-corrected chi connectivity index (χ3v) is 5.68. The fourth-order valence-corrected chi connectivity index (χ4v) is 3.99. The molecule has 1 N–H and O–H groups in total. The van der Waals surface area contributed by atoms with Gasteiger partial charge in [0.05, 0.1) is 10.5 Å². The van der Waals surface area contributed by atoms with Crippen molar-refractivity contribution in [3.05, 3.63) is 46.8 Å². The maximum atomic E-state index is 13.2. The zero-order valence-corrected chi connectivity index (χ0v) is 18.2. The van der Waals surface area contributed by atoms with Crippen LogP contribution >= 0.6 is 0 Å². The fraction of sp³-hybridized carbons (Fsp3) is 0.476. The summed E-state index contributed by atoms with van der Waals surface area (Å²) in [6.07, 6.45) is 4.06. The second-order valence-electron chi connectivity index (χ2n) is 9.22. The van der Waals surface area contributed by atoms with Crippen LogP contribution in [0.1, 0.15) is 68.6 Å². The summed E-state index contributed by atoms with van der Waals surface area (Å²) in [4.78, 5) is 13.2. The van der Waals surface area contributed by atoms with E-state index < -0.39 is 9.84 Å². The number of hydrogen-bond acceptors (Lipinski definition) is 4. The molecule has 0 bridgehead atoms. The normalized spacial score (nSPS) is 13.0. The number of benzene rings is 1. The molecule has 2 aromatic rings. The van der Waals surface area contributed by atoms with Gasteiger partial charge >= 0.3 is 0 Å². The van der Waals surface area contributed by atoms with Crippen molar-refractivity contribution in [2.45, 2.75) is 57.3 Å². The predicted octanol–water partition coefficient (Wildman–Crippen LogP) is 3.96. The van der Waals surface area contributed by atoms with Gasteiger partial charge in [-0.15, -0.1) is 0 Å². The van der Waals surface area contributed by atoms with Crippen LogP contribution in [-0.4, -0.2) is 30.1 Å². The molecule has 0 unspecified atom stereocenters. The second-order valence-corrected chi connectivity index (χ2v) is 11.2. The highest BCUT2D eigenvalue weighted by atomic mass is 32.2. The van der Waals surface area contributed by atoms with Crippen molar-refractivity contribution in [3.8, 4) is 5.75 Å². The number of rotatable bonds is 3. The maximum absolute atomic E-state index is 13.2. The number of aromatic nitrogens is 1. The topological polar surface area (TPSA) is 76.4 Å². The quantitative estimate of drug-likeness (QED) is 0.804. The summed E-state index contributed by atoms with van der Waals surface area (Å²) in [6.45, 7) is 11.8. The number of ketones is 1. The SMILES string of the molecule is Cn1cc(C(=O)c2cc(C(C)(C)C)c(O)c(C(C)(C)C)c2)c(S(C)(=O)=O)c1. The van der Waals surface area contributed by atoms with E-state index in [9.17, 15) is 18.3 Å². The van der Waals surface area contributed by atoms with Gasteiger partial charge in [-0.1, -0.05) is 41.5 Å². The number of nitrogens with zero attached hydrogens (tertiary/aromatic N) is 1. The lowest BCUT2D eigenvalue weighted by Gasteiger charge is -2.28. The number of hydrogen-bond donors (Lipinski definition) is 1. The molecule has 2 rings (SSSR count). The molecule has 0 amide bonds. The minimum Gasteiger partial charge on any atom is -0.507 e. The van der Waals surface area contributed by atoms with E-state index in [1.54, 1.807) is 23.7 Å². The first kappa shape index (κ1) is 21.2. The lowest BCUT2D eigenvalue weighted by atomic mass is 9.78. The Kier molecular flexibility index (Phi) is 5.12. The summed E-state index contributed by atoms with van der Waals surface area (Å²) in [7, 11) is -1.86. The fourth-order valence-electron chi connectivity index (χ4n) is 3.09.